The Hall–Kier alpha value is -3.22. The Morgan fingerprint density at radius 2 is 1.71 bits per heavy atom. The molecule has 35 heavy (non-hydrogen) atoms. The van der Waals surface area contributed by atoms with Gasteiger partial charge in [0.05, 0.1) is 23.7 Å². The summed E-state index contributed by atoms with van der Waals surface area (Å²) in [7, 11) is 0. The molecular weight excluding hydrogens is 438 g/mol. The van der Waals surface area contributed by atoms with Crippen molar-refractivity contribution < 1.29 is 9.59 Å². The third-order valence-electron chi connectivity index (χ3n) is 7.53. The molecule has 0 spiro atoms. The van der Waals surface area contributed by atoms with Gasteiger partial charge in [-0.3, -0.25) is 9.59 Å². The van der Waals surface area contributed by atoms with E-state index in [0.29, 0.717) is 18.0 Å². The summed E-state index contributed by atoms with van der Waals surface area (Å²) in [5.74, 6) is 0.439. The molecule has 1 saturated heterocycles. The second-order valence-corrected chi connectivity index (χ2v) is 10.2. The number of nitrogens with one attached hydrogen (secondary N) is 1. The van der Waals surface area contributed by atoms with E-state index in [0.717, 1.165) is 61.1 Å². The molecule has 3 aromatic rings. The predicted octanol–water partition coefficient (Wildman–Crippen LogP) is 4.40. The van der Waals surface area contributed by atoms with E-state index < -0.39 is 0 Å². The van der Waals surface area contributed by atoms with E-state index in [1.807, 2.05) is 22.6 Å². The molecule has 5 rings (SSSR count). The lowest BCUT2D eigenvalue weighted by Gasteiger charge is -2.35. The van der Waals surface area contributed by atoms with Gasteiger partial charge in [0.15, 0.2) is 5.65 Å². The number of hydrogen-bond acceptors (Lipinski definition) is 4. The summed E-state index contributed by atoms with van der Waals surface area (Å²) in [5, 5.41) is 8.53. The third kappa shape index (κ3) is 5.24. The van der Waals surface area contributed by atoms with Gasteiger partial charge in [0.1, 0.15) is 0 Å². The van der Waals surface area contributed by atoms with Crippen molar-refractivity contribution >= 4 is 22.8 Å². The van der Waals surface area contributed by atoms with Crippen LogP contribution in [0.15, 0.2) is 36.5 Å². The molecule has 0 bridgehead atoms. The van der Waals surface area contributed by atoms with Crippen molar-refractivity contribution in [1.82, 2.24) is 25.0 Å². The lowest BCUT2D eigenvalue weighted by atomic mass is 9.87. The average molecular weight is 474 g/mol. The van der Waals surface area contributed by atoms with E-state index in [1.54, 1.807) is 6.20 Å². The minimum Gasteiger partial charge on any atom is -0.349 e. The van der Waals surface area contributed by atoms with Gasteiger partial charge >= 0.3 is 0 Å². The molecule has 2 aromatic heterocycles. The molecule has 184 valence electrons. The van der Waals surface area contributed by atoms with E-state index in [-0.39, 0.29) is 17.9 Å². The molecule has 0 atom stereocenters. The molecule has 7 nitrogen and oxygen atoms in total. The number of benzene rings is 1. The quantitative estimate of drug-likeness (QED) is 0.596. The monoisotopic (exact) mass is 473 g/mol. The molecule has 1 aromatic carbocycles. The van der Waals surface area contributed by atoms with Crippen LogP contribution < -0.4 is 5.32 Å². The fourth-order valence-electron chi connectivity index (χ4n) is 5.46. The van der Waals surface area contributed by atoms with Crippen molar-refractivity contribution in [3.05, 3.63) is 58.9 Å². The molecule has 1 N–H and O–H groups in total. The first-order chi connectivity index (χ1) is 17.0. The highest BCUT2D eigenvalue weighted by atomic mass is 16.2. The molecule has 7 heteroatoms. The van der Waals surface area contributed by atoms with E-state index >= 15 is 0 Å². The van der Waals surface area contributed by atoms with Crippen LogP contribution in [0.2, 0.25) is 0 Å². The van der Waals surface area contributed by atoms with Gasteiger partial charge in [-0.15, -0.1) is 0 Å². The van der Waals surface area contributed by atoms with Gasteiger partial charge in [0.25, 0.3) is 5.91 Å². The van der Waals surface area contributed by atoms with Crippen LogP contribution in [0.3, 0.4) is 0 Å². The summed E-state index contributed by atoms with van der Waals surface area (Å²) in [6, 6.07) is 10.3. The fourth-order valence-corrected chi connectivity index (χ4v) is 5.46. The first-order valence-electron chi connectivity index (χ1n) is 13.0. The van der Waals surface area contributed by atoms with Crippen molar-refractivity contribution in [2.24, 2.45) is 5.92 Å². The average Bonchev–Trinajstić information content (AvgIpc) is 3.27. The SMILES string of the molecule is Cc1ccc(Cn2ncc3c(C(=O)NC4CCN(C(=O)C5CCCCC5)CC4)cc(C)nc32)cc1. The van der Waals surface area contributed by atoms with Crippen LogP contribution in [0.25, 0.3) is 11.0 Å². The maximum Gasteiger partial charge on any atom is 0.252 e. The number of carbonyl (C=O) groups is 2. The largest absolute Gasteiger partial charge is 0.349 e. The lowest BCUT2D eigenvalue weighted by molar-refractivity contribution is -0.137. The Balaban J connectivity index is 1.25. The van der Waals surface area contributed by atoms with Crippen LogP contribution in [0.4, 0.5) is 0 Å². The minimum absolute atomic E-state index is 0.0732. The van der Waals surface area contributed by atoms with E-state index in [2.05, 4.69) is 46.6 Å². The highest BCUT2D eigenvalue weighted by Crippen LogP contribution is 2.27. The van der Waals surface area contributed by atoms with Gasteiger partial charge in [-0.2, -0.15) is 5.10 Å². The molecule has 1 saturated carbocycles. The van der Waals surface area contributed by atoms with Crippen LogP contribution >= 0.6 is 0 Å². The molecule has 2 aliphatic rings. The van der Waals surface area contributed by atoms with Gasteiger partial charge in [0.2, 0.25) is 5.91 Å². The normalized spacial score (nSPS) is 17.6. The van der Waals surface area contributed by atoms with E-state index in [1.165, 1.54) is 24.8 Å². The number of aryl methyl sites for hydroxylation is 2. The second-order valence-electron chi connectivity index (χ2n) is 10.2. The number of fused-ring (bicyclic) bond motifs is 1. The standard InChI is InChI=1S/C28H35N5O2/c1-19-8-10-21(11-9-19)18-33-26-25(17-29-33)24(16-20(2)30-26)27(34)31-23-12-14-32(15-13-23)28(35)22-6-4-3-5-7-22/h8-11,16-17,22-23H,3-7,12-15,18H2,1-2H3,(H,31,34). The Morgan fingerprint density at radius 3 is 2.43 bits per heavy atom. The number of carbonyl (C=O) groups excluding carboxylic acids is 2. The second kappa shape index (κ2) is 10.2. The van der Waals surface area contributed by atoms with Crippen molar-refractivity contribution in [2.75, 3.05) is 13.1 Å². The first kappa shape index (κ1) is 23.5. The highest BCUT2D eigenvalue weighted by molar-refractivity contribution is 6.05. The Kier molecular flexibility index (Phi) is 6.84. The van der Waals surface area contributed by atoms with Gasteiger partial charge < -0.3 is 10.2 Å². The Morgan fingerprint density at radius 1 is 1.00 bits per heavy atom. The van der Waals surface area contributed by atoms with Gasteiger partial charge in [0, 0.05) is 30.7 Å². The van der Waals surface area contributed by atoms with Crippen LogP contribution in [-0.2, 0) is 11.3 Å². The number of amides is 2. The molecule has 2 fully saturated rings. The zero-order valence-corrected chi connectivity index (χ0v) is 20.8. The van der Waals surface area contributed by atoms with Crippen LogP contribution in [0.1, 0.15) is 72.1 Å². The number of pyridine rings is 1. The number of rotatable bonds is 5. The van der Waals surface area contributed by atoms with Crippen molar-refractivity contribution in [3.8, 4) is 0 Å². The number of likely N-dealkylation sites (tertiary alicyclic amines) is 1. The van der Waals surface area contributed by atoms with E-state index in [9.17, 15) is 9.59 Å². The zero-order valence-electron chi connectivity index (χ0n) is 20.8. The Labute approximate surface area is 206 Å². The van der Waals surface area contributed by atoms with Crippen molar-refractivity contribution in [1.29, 1.82) is 0 Å². The van der Waals surface area contributed by atoms with Crippen molar-refractivity contribution in [2.45, 2.75) is 71.4 Å². The molecule has 1 aliphatic heterocycles. The lowest BCUT2D eigenvalue weighted by Crippen LogP contribution is -2.48. The summed E-state index contributed by atoms with van der Waals surface area (Å²) in [4.78, 5) is 32.9. The summed E-state index contributed by atoms with van der Waals surface area (Å²) >= 11 is 0. The van der Waals surface area contributed by atoms with Gasteiger partial charge in [-0.25, -0.2) is 9.67 Å². The molecular formula is C28H35N5O2. The van der Waals surface area contributed by atoms with Crippen LogP contribution in [0.5, 0.6) is 0 Å². The molecule has 0 unspecified atom stereocenters. The number of aromatic nitrogens is 3. The van der Waals surface area contributed by atoms with Crippen molar-refractivity contribution in [3.63, 3.8) is 0 Å². The number of piperidine rings is 1. The smallest absolute Gasteiger partial charge is 0.252 e. The third-order valence-corrected chi connectivity index (χ3v) is 7.53. The zero-order chi connectivity index (χ0) is 24.4. The van der Waals surface area contributed by atoms with Gasteiger partial charge in [-0.05, 0) is 51.2 Å². The van der Waals surface area contributed by atoms with Gasteiger partial charge in [-0.1, -0.05) is 49.1 Å². The summed E-state index contributed by atoms with van der Waals surface area (Å²) in [6.07, 6.45) is 9.00. The predicted molar refractivity (Wildman–Crippen MR) is 136 cm³/mol. The number of hydrogen-bond donors (Lipinski definition) is 1. The molecule has 2 amide bonds. The summed E-state index contributed by atoms with van der Waals surface area (Å²) in [5.41, 5.74) is 4.49. The summed E-state index contributed by atoms with van der Waals surface area (Å²) in [6.45, 7) is 6.03. The first-order valence-corrected chi connectivity index (χ1v) is 13.0. The molecule has 3 heterocycles. The molecule has 1 aliphatic carbocycles. The van der Waals surface area contributed by atoms with Crippen LogP contribution in [0, 0.1) is 19.8 Å². The topological polar surface area (TPSA) is 80.1 Å². The molecule has 0 radical (unpaired) electrons. The fraction of sp³-hybridized carbons (Fsp3) is 0.500. The number of nitrogens with zero attached hydrogens (tertiary/aromatic N) is 4. The summed E-state index contributed by atoms with van der Waals surface area (Å²) < 4.78 is 1.86. The highest BCUT2D eigenvalue weighted by Gasteiger charge is 2.30. The van der Waals surface area contributed by atoms with Crippen LogP contribution in [-0.4, -0.2) is 50.6 Å². The Bertz CT molecular complexity index is 1200. The minimum atomic E-state index is -0.0903. The van der Waals surface area contributed by atoms with E-state index in [4.69, 9.17) is 0 Å². The maximum atomic E-state index is 13.3. The maximum absolute atomic E-state index is 13.3.